The number of hydrogen-bond acceptors (Lipinski definition) is 2. The molecule has 0 heterocycles. The van der Waals surface area contributed by atoms with Crippen LogP contribution < -0.4 is 5.32 Å². The average molecular weight is 258 g/mol. The van der Waals surface area contributed by atoms with Gasteiger partial charge in [-0.25, -0.2) is 0 Å². The second kappa shape index (κ2) is 8.03. The number of amidine groups is 3. The van der Waals surface area contributed by atoms with Crippen molar-refractivity contribution in [1.29, 1.82) is 0 Å². The van der Waals surface area contributed by atoms with Crippen molar-refractivity contribution in [1.82, 2.24) is 5.32 Å². The molecule has 0 saturated carbocycles. The molecule has 0 amide bonds. The van der Waals surface area contributed by atoms with Crippen molar-refractivity contribution in [2.24, 2.45) is 15.0 Å². The van der Waals surface area contributed by atoms with Crippen molar-refractivity contribution in [2.75, 3.05) is 13.1 Å². The standard InChI is InChI=1S/C7H11Cl3N4/c1-3-11-5(8)13-7(10)14-6(9)12-4-2/h3-4H2,1-2H3,(H,11,12,13,14). The number of aliphatic imine (C=N–C) groups is 3. The normalized spacial score (nSPS) is 14.5. The average Bonchev–Trinajstić information content (AvgIpc) is 2.03. The fourth-order valence-electron chi connectivity index (χ4n) is 0.538. The topological polar surface area (TPSA) is 49.1 Å². The molecule has 7 heteroatoms. The summed E-state index contributed by atoms with van der Waals surface area (Å²) in [4.78, 5) is 11.4. The fraction of sp³-hybridized carbons (Fsp3) is 0.571. The van der Waals surface area contributed by atoms with Crippen LogP contribution >= 0.6 is 34.8 Å². The van der Waals surface area contributed by atoms with Gasteiger partial charge in [0, 0.05) is 13.1 Å². The predicted octanol–water partition coefficient (Wildman–Crippen LogP) is 2.40. The summed E-state index contributed by atoms with van der Waals surface area (Å²) >= 11 is 16.9. The molecule has 0 saturated heterocycles. The minimum atomic E-state index is 0.0365. The number of halogens is 3. The van der Waals surface area contributed by atoms with Gasteiger partial charge in [-0.1, -0.05) is 0 Å². The number of rotatable bonds is 2. The number of nitrogens with zero attached hydrogens (tertiary/aromatic N) is 3. The molecule has 0 bridgehead atoms. The predicted molar refractivity (Wildman–Crippen MR) is 64.1 cm³/mol. The molecule has 0 aromatic heterocycles. The number of nitrogens with one attached hydrogen (secondary N) is 1. The first-order valence-corrected chi connectivity index (χ1v) is 5.14. The van der Waals surface area contributed by atoms with Gasteiger partial charge in [-0.2, -0.15) is 4.99 Å². The highest BCUT2D eigenvalue weighted by atomic mass is 35.5. The van der Waals surface area contributed by atoms with Crippen LogP contribution in [0.4, 0.5) is 0 Å². The Morgan fingerprint density at radius 2 is 1.57 bits per heavy atom. The lowest BCUT2D eigenvalue weighted by Gasteiger charge is -1.99. The first-order chi connectivity index (χ1) is 6.60. The van der Waals surface area contributed by atoms with Crippen LogP contribution in [0, 0.1) is 0 Å². The van der Waals surface area contributed by atoms with Crippen LogP contribution in [-0.4, -0.2) is 29.0 Å². The molecule has 0 atom stereocenters. The first-order valence-electron chi connectivity index (χ1n) is 4.01. The van der Waals surface area contributed by atoms with E-state index in [1.165, 1.54) is 0 Å². The Morgan fingerprint density at radius 3 is 2.07 bits per heavy atom. The summed E-state index contributed by atoms with van der Waals surface area (Å²) in [6.45, 7) is 4.79. The lowest BCUT2D eigenvalue weighted by molar-refractivity contribution is 1.12. The molecule has 0 spiro atoms. The molecule has 0 rings (SSSR count). The minimum absolute atomic E-state index is 0.0365. The highest BCUT2D eigenvalue weighted by Crippen LogP contribution is 1.93. The highest BCUT2D eigenvalue weighted by Gasteiger charge is 1.98. The summed E-state index contributed by atoms with van der Waals surface area (Å²) < 4.78 is 0. The summed E-state index contributed by atoms with van der Waals surface area (Å²) in [5.41, 5.74) is 0. The molecule has 1 N–H and O–H groups in total. The molecule has 0 aliphatic carbocycles. The smallest absolute Gasteiger partial charge is 0.220 e. The highest BCUT2D eigenvalue weighted by molar-refractivity contribution is 6.75. The van der Waals surface area contributed by atoms with E-state index >= 15 is 0 Å². The molecule has 14 heavy (non-hydrogen) atoms. The van der Waals surface area contributed by atoms with Gasteiger partial charge in [0.1, 0.15) is 0 Å². The van der Waals surface area contributed by atoms with Gasteiger partial charge in [-0.3, -0.25) is 9.98 Å². The Labute approximate surface area is 98.1 Å². The fourth-order valence-corrected chi connectivity index (χ4v) is 1.21. The van der Waals surface area contributed by atoms with E-state index in [4.69, 9.17) is 34.8 Å². The summed E-state index contributed by atoms with van der Waals surface area (Å²) in [5, 5.41) is 2.82. The van der Waals surface area contributed by atoms with Gasteiger partial charge >= 0.3 is 0 Å². The zero-order chi connectivity index (χ0) is 11.0. The molecular formula is C7H11Cl3N4. The van der Waals surface area contributed by atoms with E-state index in [0.29, 0.717) is 13.1 Å². The Hall–Kier alpha value is -0.320. The van der Waals surface area contributed by atoms with Crippen molar-refractivity contribution in [3.05, 3.63) is 0 Å². The van der Waals surface area contributed by atoms with Crippen molar-refractivity contribution in [3.8, 4) is 0 Å². The lowest BCUT2D eigenvalue weighted by atomic mass is 10.8. The quantitative estimate of drug-likeness (QED) is 0.461. The summed E-state index contributed by atoms with van der Waals surface area (Å²) in [5.74, 6) is 0. The lowest BCUT2D eigenvalue weighted by Crippen LogP contribution is -2.23. The zero-order valence-electron chi connectivity index (χ0n) is 7.89. The largest absolute Gasteiger partial charge is 0.305 e. The van der Waals surface area contributed by atoms with Crippen molar-refractivity contribution in [3.63, 3.8) is 0 Å². The van der Waals surface area contributed by atoms with Gasteiger partial charge in [0.05, 0.1) is 0 Å². The van der Waals surface area contributed by atoms with E-state index in [0.717, 1.165) is 0 Å². The molecule has 0 aliphatic heterocycles. The van der Waals surface area contributed by atoms with Crippen LogP contribution in [0.25, 0.3) is 0 Å². The molecule has 0 aliphatic rings. The second-order valence-electron chi connectivity index (χ2n) is 2.04. The van der Waals surface area contributed by atoms with Crippen LogP contribution in [0.2, 0.25) is 0 Å². The van der Waals surface area contributed by atoms with Crippen molar-refractivity contribution >= 4 is 50.7 Å². The summed E-state index contributed by atoms with van der Waals surface area (Å²) in [6, 6.07) is 0. The van der Waals surface area contributed by atoms with Gasteiger partial charge < -0.3 is 5.32 Å². The van der Waals surface area contributed by atoms with Crippen LogP contribution in [0.1, 0.15) is 13.8 Å². The Kier molecular flexibility index (Phi) is 7.84. The zero-order valence-corrected chi connectivity index (χ0v) is 10.2. The third-order valence-corrected chi connectivity index (χ3v) is 1.58. The Balaban J connectivity index is 4.26. The second-order valence-corrected chi connectivity index (χ2v) is 3.09. The Bertz CT molecular complexity index is 260. The molecule has 0 fully saturated rings. The monoisotopic (exact) mass is 256 g/mol. The van der Waals surface area contributed by atoms with E-state index in [-0.39, 0.29) is 15.9 Å². The SMILES string of the molecule is CCN=C(Cl)/N=C(\Cl)NC(Cl)=NCC. The van der Waals surface area contributed by atoms with E-state index in [9.17, 15) is 0 Å². The van der Waals surface area contributed by atoms with Crippen LogP contribution in [0.5, 0.6) is 0 Å². The molecule has 0 aromatic rings. The third-order valence-electron chi connectivity index (χ3n) is 0.982. The van der Waals surface area contributed by atoms with E-state index in [1.54, 1.807) is 0 Å². The molecule has 4 nitrogen and oxygen atoms in total. The maximum atomic E-state index is 5.65. The summed E-state index contributed by atoms with van der Waals surface area (Å²) in [7, 11) is 0. The number of hydrogen-bond donors (Lipinski definition) is 1. The molecule has 0 unspecified atom stereocenters. The first kappa shape index (κ1) is 13.7. The maximum absolute atomic E-state index is 5.65. The maximum Gasteiger partial charge on any atom is 0.220 e. The molecular weight excluding hydrogens is 246 g/mol. The van der Waals surface area contributed by atoms with Crippen LogP contribution in [0.3, 0.4) is 0 Å². The van der Waals surface area contributed by atoms with E-state index < -0.39 is 0 Å². The van der Waals surface area contributed by atoms with Crippen molar-refractivity contribution in [2.45, 2.75) is 13.8 Å². The van der Waals surface area contributed by atoms with Crippen LogP contribution in [-0.2, 0) is 0 Å². The molecule has 80 valence electrons. The minimum Gasteiger partial charge on any atom is -0.305 e. The van der Waals surface area contributed by atoms with Gasteiger partial charge in [0.15, 0.2) is 5.29 Å². The Morgan fingerprint density at radius 1 is 1.00 bits per heavy atom. The van der Waals surface area contributed by atoms with Crippen LogP contribution in [0.15, 0.2) is 15.0 Å². The van der Waals surface area contributed by atoms with Crippen molar-refractivity contribution < 1.29 is 0 Å². The third kappa shape index (κ3) is 7.12. The van der Waals surface area contributed by atoms with Gasteiger partial charge in [-0.15, -0.1) is 0 Å². The van der Waals surface area contributed by atoms with Gasteiger partial charge in [-0.05, 0) is 48.7 Å². The van der Waals surface area contributed by atoms with E-state index in [1.807, 2.05) is 13.8 Å². The van der Waals surface area contributed by atoms with Gasteiger partial charge in [0.2, 0.25) is 10.6 Å². The van der Waals surface area contributed by atoms with E-state index in [2.05, 4.69) is 20.3 Å². The van der Waals surface area contributed by atoms with Gasteiger partial charge in [0.25, 0.3) is 0 Å². The summed E-state index contributed by atoms with van der Waals surface area (Å²) in [6.07, 6.45) is 0. The molecule has 0 aromatic carbocycles. The molecule has 0 radical (unpaired) electrons.